The van der Waals surface area contributed by atoms with Crippen LogP contribution in [-0.4, -0.2) is 10.9 Å². The number of Topliss-reactive ketones (excluding diaryl/α,β-unsaturated/α-hetero) is 1. The van der Waals surface area contributed by atoms with Crippen LogP contribution < -0.4 is 0 Å². The van der Waals surface area contributed by atoms with Crippen LogP contribution in [-0.2, 0) is 4.79 Å². The Hall–Kier alpha value is -0.860. The average Bonchev–Trinajstić information content (AvgIpc) is 2.03. The summed E-state index contributed by atoms with van der Waals surface area (Å²) in [6.07, 6.45) is -0.671. The van der Waals surface area contributed by atoms with E-state index in [0.29, 0.717) is 10.6 Å². The van der Waals surface area contributed by atoms with Crippen molar-refractivity contribution in [2.75, 3.05) is 0 Å². The lowest BCUT2D eigenvalue weighted by Crippen LogP contribution is -2.03. The molecule has 0 saturated heterocycles. The van der Waals surface area contributed by atoms with Crippen molar-refractivity contribution in [3.63, 3.8) is 0 Å². The van der Waals surface area contributed by atoms with Crippen LogP contribution in [0.4, 0.5) is 0 Å². The minimum absolute atomic E-state index is 0.0487. The molecular formula is C10H11ClO2. The fourth-order valence-corrected chi connectivity index (χ4v) is 1.39. The number of carbonyl (C=O) groups is 1. The predicted octanol–water partition coefficient (Wildman–Crippen LogP) is 2.35. The van der Waals surface area contributed by atoms with Crippen LogP contribution in [0.2, 0.25) is 5.02 Å². The van der Waals surface area contributed by atoms with Gasteiger partial charge in [-0.15, -0.1) is 0 Å². The molecule has 0 aliphatic rings. The van der Waals surface area contributed by atoms with E-state index in [4.69, 9.17) is 11.6 Å². The molecule has 0 aromatic heterocycles. The number of rotatable bonds is 3. The maximum absolute atomic E-state index is 10.7. The quantitative estimate of drug-likeness (QED) is 0.810. The highest BCUT2D eigenvalue weighted by molar-refractivity contribution is 6.31. The Morgan fingerprint density at radius 3 is 2.69 bits per heavy atom. The third-order valence-electron chi connectivity index (χ3n) is 1.75. The second-order valence-electron chi connectivity index (χ2n) is 2.94. The molecule has 0 spiro atoms. The van der Waals surface area contributed by atoms with Gasteiger partial charge in [0.2, 0.25) is 0 Å². The molecule has 0 amide bonds. The molecule has 0 saturated carbocycles. The fraction of sp³-hybridized carbons (Fsp3) is 0.300. The SMILES string of the molecule is CC(=O)C[C@@H](O)c1ccccc1Cl. The molecule has 2 nitrogen and oxygen atoms in total. The monoisotopic (exact) mass is 198 g/mol. The summed E-state index contributed by atoms with van der Waals surface area (Å²) in [5, 5.41) is 10.1. The first-order valence-corrected chi connectivity index (χ1v) is 4.41. The van der Waals surface area contributed by atoms with Crippen molar-refractivity contribution in [3.8, 4) is 0 Å². The van der Waals surface area contributed by atoms with Crippen molar-refractivity contribution in [1.29, 1.82) is 0 Å². The van der Waals surface area contributed by atoms with Gasteiger partial charge in [0.1, 0.15) is 5.78 Å². The topological polar surface area (TPSA) is 37.3 Å². The zero-order valence-electron chi connectivity index (χ0n) is 7.33. The minimum Gasteiger partial charge on any atom is -0.388 e. The summed E-state index contributed by atoms with van der Waals surface area (Å²) in [6.45, 7) is 1.44. The summed E-state index contributed by atoms with van der Waals surface area (Å²) in [6, 6.07) is 6.98. The predicted molar refractivity (Wildman–Crippen MR) is 51.7 cm³/mol. The number of halogens is 1. The summed E-state index contributed by atoms with van der Waals surface area (Å²) >= 11 is 5.83. The van der Waals surface area contributed by atoms with E-state index in [9.17, 15) is 9.90 Å². The molecule has 1 aromatic rings. The van der Waals surface area contributed by atoms with Gasteiger partial charge in [-0.1, -0.05) is 29.8 Å². The molecule has 3 heteroatoms. The summed E-state index contributed by atoms with van der Waals surface area (Å²) in [5.74, 6) is -0.0487. The molecule has 1 N–H and O–H groups in total. The number of benzene rings is 1. The van der Waals surface area contributed by atoms with Crippen molar-refractivity contribution in [3.05, 3.63) is 34.9 Å². The summed E-state index contributed by atoms with van der Waals surface area (Å²) in [4.78, 5) is 10.7. The van der Waals surface area contributed by atoms with Gasteiger partial charge < -0.3 is 5.11 Å². The Bertz CT molecular complexity index is 310. The second-order valence-corrected chi connectivity index (χ2v) is 3.35. The Morgan fingerprint density at radius 2 is 2.15 bits per heavy atom. The number of hydrogen-bond acceptors (Lipinski definition) is 2. The van der Waals surface area contributed by atoms with E-state index < -0.39 is 6.10 Å². The van der Waals surface area contributed by atoms with E-state index in [1.54, 1.807) is 24.3 Å². The zero-order chi connectivity index (χ0) is 9.84. The van der Waals surface area contributed by atoms with Crippen LogP contribution in [0.25, 0.3) is 0 Å². The highest BCUT2D eigenvalue weighted by Crippen LogP contribution is 2.24. The van der Waals surface area contributed by atoms with Crippen molar-refractivity contribution in [1.82, 2.24) is 0 Å². The molecule has 70 valence electrons. The molecule has 1 rings (SSSR count). The smallest absolute Gasteiger partial charge is 0.132 e. The lowest BCUT2D eigenvalue weighted by molar-refractivity contribution is -0.118. The first kappa shape index (κ1) is 10.2. The highest BCUT2D eigenvalue weighted by Gasteiger charge is 2.12. The number of ketones is 1. The Kier molecular flexibility index (Phi) is 3.46. The van der Waals surface area contributed by atoms with E-state index in [0.717, 1.165) is 0 Å². The van der Waals surface area contributed by atoms with E-state index in [1.165, 1.54) is 6.92 Å². The normalized spacial score (nSPS) is 12.5. The van der Waals surface area contributed by atoms with Crippen molar-refractivity contribution in [2.24, 2.45) is 0 Å². The Labute approximate surface area is 82.2 Å². The van der Waals surface area contributed by atoms with Gasteiger partial charge in [0, 0.05) is 11.4 Å². The average molecular weight is 199 g/mol. The van der Waals surface area contributed by atoms with Crippen molar-refractivity contribution < 1.29 is 9.90 Å². The second kappa shape index (κ2) is 4.40. The van der Waals surface area contributed by atoms with Gasteiger partial charge in [0.05, 0.1) is 6.10 Å². The van der Waals surface area contributed by atoms with Crippen LogP contribution in [0, 0.1) is 0 Å². The van der Waals surface area contributed by atoms with E-state index in [-0.39, 0.29) is 12.2 Å². The summed E-state index contributed by atoms with van der Waals surface area (Å²) < 4.78 is 0. The van der Waals surface area contributed by atoms with E-state index in [1.807, 2.05) is 0 Å². The summed E-state index contributed by atoms with van der Waals surface area (Å²) in [7, 11) is 0. The van der Waals surface area contributed by atoms with E-state index in [2.05, 4.69) is 0 Å². The summed E-state index contributed by atoms with van der Waals surface area (Å²) in [5.41, 5.74) is 0.611. The molecule has 0 unspecified atom stereocenters. The maximum atomic E-state index is 10.7. The number of carbonyl (C=O) groups excluding carboxylic acids is 1. The molecule has 0 fully saturated rings. The zero-order valence-corrected chi connectivity index (χ0v) is 8.08. The molecule has 0 bridgehead atoms. The highest BCUT2D eigenvalue weighted by atomic mass is 35.5. The van der Waals surface area contributed by atoms with Crippen LogP contribution in [0.5, 0.6) is 0 Å². The number of aliphatic hydroxyl groups excluding tert-OH is 1. The molecule has 0 aliphatic carbocycles. The standard InChI is InChI=1S/C10H11ClO2/c1-7(12)6-10(13)8-4-2-3-5-9(8)11/h2-5,10,13H,6H2,1H3/t10-/m1/s1. The Balaban J connectivity index is 2.82. The van der Waals surface area contributed by atoms with Gasteiger partial charge in [-0.25, -0.2) is 0 Å². The van der Waals surface area contributed by atoms with Gasteiger partial charge in [-0.3, -0.25) is 4.79 Å². The minimum atomic E-state index is -0.786. The molecule has 13 heavy (non-hydrogen) atoms. The van der Waals surface area contributed by atoms with Crippen LogP contribution in [0.15, 0.2) is 24.3 Å². The molecular weight excluding hydrogens is 188 g/mol. The molecule has 0 aliphatic heterocycles. The van der Waals surface area contributed by atoms with Gasteiger partial charge >= 0.3 is 0 Å². The van der Waals surface area contributed by atoms with Crippen LogP contribution in [0.3, 0.4) is 0 Å². The lowest BCUT2D eigenvalue weighted by Gasteiger charge is -2.09. The molecule has 0 heterocycles. The van der Waals surface area contributed by atoms with Crippen molar-refractivity contribution >= 4 is 17.4 Å². The van der Waals surface area contributed by atoms with Crippen molar-refractivity contribution in [2.45, 2.75) is 19.4 Å². The van der Waals surface area contributed by atoms with Gasteiger partial charge in [-0.05, 0) is 18.6 Å². The molecule has 0 radical (unpaired) electrons. The number of hydrogen-bond donors (Lipinski definition) is 1. The third-order valence-corrected chi connectivity index (χ3v) is 2.09. The lowest BCUT2D eigenvalue weighted by atomic mass is 10.1. The van der Waals surface area contributed by atoms with Gasteiger partial charge in [0.25, 0.3) is 0 Å². The van der Waals surface area contributed by atoms with Crippen LogP contribution >= 0.6 is 11.6 Å². The molecule has 1 atom stereocenters. The van der Waals surface area contributed by atoms with Gasteiger partial charge in [0.15, 0.2) is 0 Å². The maximum Gasteiger partial charge on any atom is 0.132 e. The largest absolute Gasteiger partial charge is 0.388 e. The van der Waals surface area contributed by atoms with E-state index >= 15 is 0 Å². The first-order chi connectivity index (χ1) is 6.11. The third kappa shape index (κ3) is 2.83. The fourth-order valence-electron chi connectivity index (χ4n) is 1.13. The van der Waals surface area contributed by atoms with Gasteiger partial charge in [-0.2, -0.15) is 0 Å². The van der Waals surface area contributed by atoms with Crippen LogP contribution in [0.1, 0.15) is 25.0 Å². The Morgan fingerprint density at radius 1 is 1.54 bits per heavy atom. The number of aliphatic hydroxyl groups is 1. The molecule has 1 aromatic carbocycles. The first-order valence-electron chi connectivity index (χ1n) is 4.03.